The molecule has 2 saturated heterocycles. The Morgan fingerprint density at radius 1 is 1.42 bits per heavy atom. The average Bonchev–Trinajstić information content (AvgIpc) is 3.14. The zero-order chi connectivity index (χ0) is 17.1. The van der Waals surface area contributed by atoms with Gasteiger partial charge in [0, 0.05) is 23.2 Å². The van der Waals surface area contributed by atoms with E-state index < -0.39 is 5.25 Å². The number of thiocarbonyl (C=S) groups is 1. The van der Waals surface area contributed by atoms with Gasteiger partial charge >= 0.3 is 0 Å². The fraction of sp³-hybridized carbons (Fsp3) is 0.438. The van der Waals surface area contributed by atoms with Crippen LogP contribution in [0.1, 0.15) is 19.3 Å². The molecule has 0 aromatic heterocycles. The zero-order valence-electron chi connectivity index (χ0n) is 12.9. The van der Waals surface area contributed by atoms with Gasteiger partial charge in [-0.15, -0.1) is 0 Å². The van der Waals surface area contributed by atoms with E-state index in [2.05, 4.69) is 21.2 Å². The predicted molar refractivity (Wildman–Crippen MR) is 102 cm³/mol. The number of halogens is 1. The lowest BCUT2D eigenvalue weighted by molar-refractivity contribution is -0.129. The minimum absolute atomic E-state index is 0.0582. The van der Waals surface area contributed by atoms with Gasteiger partial charge in [-0.2, -0.15) is 0 Å². The van der Waals surface area contributed by atoms with Crippen LogP contribution < -0.4 is 5.32 Å². The average molecular weight is 429 g/mol. The molecule has 2 unspecified atom stereocenters. The first-order valence-corrected chi connectivity index (χ1v) is 9.80. The molecule has 2 aliphatic heterocycles. The van der Waals surface area contributed by atoms with Gasteiger partial charge in [-0.05, 0) is 37.1 Å². The van der Waals surface area contributed by atoms with Crippen molar-refractivity contribution in [2.24, 2.45) is 0 Å². The molecule has 8 heteroatoms. The second-order valence-electron chi connectivity index (χ2n) is 5.72. The molecule has 1 aromatic rings. The molecule has 2 aliphatic rings. The van der Waals surface area contributed by atoms with Crippen LogP contribution in [0.3, 0.4) is 0 Å². The van der Waals surface area contributed by atoms with Gasteiger partial charge in [0.15, 0.2) is 0 Å². The summed E-state index contributed by atoms with van der Waals surface area (Å²) in [5, 5.41) is 2.36. The van der Waals surface area contributed by atoms with Crippen molar-refractivity contribution in [3.63, 3.8) is 0 Å². The molecule has 5 nitrogen and oxygen atoms in total. The first-order valence-electron chi connectivity index (χ1n) is 7.72. The van der Waals surface area contributed by atoms with Gasteiger partial charge in [-0.1, -0.05) is 39.9 Å². The molecule has 0 radical (unpaired) electrons. The van der Waals surface area contributed by atoms with Crippen LogP contribution in [0, 0.1) is 0 Å². The van der Waals surface area contributed by atoms with E-state index in [1.165, 1.54) is 11.8 Å². The Labute approximate surface area is 158 Å². The molecule has 1 N–H and O–H groups in total. The summed E-state index contributed by atoms with van der Waals surface area (Å²) < 4.78 is 7.05. The van der Waals surface area contributed by atoms with Gasteiger partial charge < -0.3 is 10.1 Å². The third kappa shape index (κ3) is 4.36. The number of thioether (sulfide) groups is 1. The SMILES string of the molecule is O=C(CC1SC(=S)N(CC2CCCO2)C1=O)Nc1ccc(Br)cc1. The summed E-state index contributed by atoms with van der Waals surface area (Å²) in [5.74, 6) is -0.281. The molecule has 2 amide bonds. The monoisotopic (exact) mass is 428 g/mol. The van der Waals surface area contributed by atoms with Crippen molar-refractivity contribution in [3.05, 3.63) is 28.7 Å². The normalized spacial score (nSPS) is 23.8. The van der Waals surface area contributed by atoms with Crippen LogP contribution >= 0.6 is 39.9 Å². The van der Waals surface area contributed by atoms with Crippen molar-refractivity contribution in [1.82, 2.24) is 4.90 Å². The Morgan fingerprint density at radius 2 is 2.17 bits per heavy atom. The summed E-state index contributed by atoms with van der Waals surface area (Å²) in [6, 6.07) is 7.31. The summed E-state index contributed by atoms with van der Waals surface area (Å²) in [4.78, 5) is 26.3. The maximum Gasteiger partial charge on any atom is 0.242 e. The van der Waals surface area contributed by atoms with Crippen LogP contribution in [0.25, 0.3) is 0 Å². The quantitative estimate of drug-likeness (QED) is 0.729. The highest BCUT2D eigenvalue weighted by molar-refractivity contribution is 9.10. The van der Waals surface area contributed by atoms with Gasteiger partial charge in [0.1, 0.15) is 4.32 Å². The molecule has 24 heavy (non-hydrogen) atoms. The number of nitrogens with zero attached hydrogens (tertiary/aromatic N) is 1. The number of amides is 2. The van der Waals surface area contributed by atoms with Crippen molar-refractivity contribution in [2.45, 2.75) is 30.6 Å². The van der Waals surface area contributed by atoms with Crippen molar-refractivity contribution in [1.29, 1.82) is 0 Å². The largest absolute Gasteiger partial charge is 0.376 e. The van der Waals surface area contributed by atoms with Crippen LogP contribution in [-0.4, -0.2) is 45.5 Å². The number of benzene rings is 1. The van der Waals surface area contributed by atoms with E-state index in [9.17, 15) is 9.59 Å². The predicted octanol–water partition coefficient (Wildman–Crippen LogP) is 3.19. The number of anilines is 1. The van der Waals surface area contributed by atoms with E-state index in [4.69, 9.17) is 17.0 Å². The Bertz CT molecular complexity index is 647. The highest BCUT2D eigenvalue weighted by Gasteiger charge is 2.39. The Balaban J connectivity index is 1.55. The van der Waals surface area contributed by atoms with Crippen LogP contribution in [0.15, 0.2) is 28.7 Å². The molecule has 0 bridgehead atoms. The number of nitrogens with one attached hydrogen (secondary N) is 1. The van der Waals surface area contributed by atoms with Crippen LogP contribution in [0.2, 0.25) is 0 Å². The molecule has 0 saturated carbocycles. The van der Waals surface area contributed by atoms with Crippen LogP contribution in [0.5, 0.6) is 0 Å². The van der Waals surface area contributed by atoms with E-state index >= 15 is 0 Å². The minimum Gasteiger partial charge on any atom is -0.376 e. The molecule has 0 spiro atoms. The lowest BCUT2D eigenvalue weighted by Gasteiger charge is -2.19. The summed E-state index contributed by atoms with van der Waals surface area (Å²) in [6.45, 7) is 1.24. The van der Waals surface area contributed by atoms with Crippen molar-refractivity contribution in [3.8, 4) is 0 Å². The second-order valence-corrected chi connectivity index (χ2v) is 8.47. The first-order chi connectivity index (χ1) is 11.5. The summed E-state index contributed by atoms with van der Waals surface area (Å²) in [7, 11) is 0. The Morgan fingerprint density at radius 3 is 2.83 bits per heavy atom. The molecule has 2 fully saturated rings. The van der Waals surface area contributed by atoms with Crippen LogP contribution in [0.4, 0.5) is 5.69 Å². The lowest BCUT2D eigenvalue weighted by atomic mass is 10.2. The topological polar surface area (TPSA) is 58.6 Å². The number of hydrogen-bond acceptors (Lipinski definition) is 5. The highest BCUT2D eigenvalue weighted by atomic mass is 79.9. The van der Waals surface area contributed by atoms with Crippen molar-refractivity contribution < 1.29 is 14.3 Å². The molecule has 2 atom stereocenters. The minimum atomic E-state index is -0.450. The fourth-order valence-electron chi connectivity index (χ4n) is 2.70. The zero-order valence-corrected chi connectivity index (χ0v) is 16.1. The van der Waals surface area contributed by atoms with Crippen molar-refractivity contribution in [2.75, 3.05) is 18.5 Å². The highest BCUT2D eigenvalue weighted by Crippen LogP contribution is 2.31. The van der Waals surface area contributed by atoms with Gasteiger partial charge in [-0.3, -0.25) is 14.5 Å². The van der Waals surface area contributed by atoms with E-state index in [0.29, 0.717) is 16.6 Å². The molecule has 3 rings (SSSR count). The number of rotatable bonds is 5. The van der Waals surface area contributed by atoms with Gasteiger partial charge in [-0.25, -0.2) is 0 Å². The van der Waals surface area contributed by atoms with E-state index in [-0.39, 0.29) is 24.3 Å². The lowest BCUT2D eigenvalue weighted by Crippen LogP contribution is -2.38. The third-order valence-electron chi connectivity index (χ3n) is 3.91. The first kappa shape index (κ1) is 17.8. The van der Waals surface area contributed by atoms with Crippen molar-refractivity contribution >= 4 is 61.7 Å². The number of carbonyl (C=O) groups excluding carboxylic acids is 2. The number of ether oxygens (including phenoxy) is 1. The van der Waals surface area contributed by atoms with E-state index in [1.54, 1.807) is 17.0 Å². The maximum absolute atomic E-state index is 12.5. The Kier molecular flexibility index (Phi) is 5.91. The van der Waals surface area contributed by atoms with Gasteiger partial charge in [0.05, 0.1) is 17.9 Å². The summed E-state index contributed by atoms with van der Waals surface area (Å²) >= 11 is 9.94. The smallest absolute Gasteiger partial charge is 0.242 e. The van der Waals surface area contributed by atoms with Crippen LogP contribution in [-0.2, 0) is 14.3 Å². The van der Waals surface area contributed by atoms with E-state index in [1.807, 2.05) is 12.1 Å². The second kappa shape index (κ2) is 7.95. The molecule has 2 heterocycles. The molecule has 1 aromatic carbocycles. The standard InChI is InChI=1S/C16H17BrN2O3S2/c17-10-3-5-11(6-4-10)18-14(20)8-13-15(21)19(16(23)24-13)9-12-2-1-7-22-12/h3-6,12-13H,1-2,7-9H2,(H,18,20). The van der Waals surface area contributed by atoms with Gasteiger partial charge in [0.25, 0.3) is 0 Å². The van der Waals surface area contributed by atoms with E-state index in [0.717, 1.165) is 23.9 Å². The molecular formula is C16H17BrN2O3S2. The summed E-state index contributed by atoms with van der Waals surface area (Å²) in [6.07, 6.45) is 2.14. The number of hydrogen-bond donors (Lipinski definition) is 1. The molecular weight excluding hydrogens is 412 g/mol. The fourth-order valence-corrected chi connectivity index (χ4v) is 4.47. The molecule has 0 aliphatic carbocycles. The molecule has 128 valence electrons. The number of carbonyl (C=O) groups is 2. The Hall–Kier alpha value is -0.960. The summed E-state index contributed by atoms with van der Waals surface area (Å²) in [5.41, 5.74) is 0.706. The third-order valence-corrected chi connectivity index (χ3v) is 6.03. The van der Waals surface area contributed by atoms with Gasteiger partial charge in [0.2, 0.25) is 11.8 Å². The maximum atomic E-state index is 12.5.